The van der Waals surface area contributed by atoms with Crippen molar-refractivity contribution in [3.05, 3.63) is 23.4 Å². The fraction of sp³-hybridized carbons (Fsp3) is 0.500. The second-order valence-corrected chi connectivity index (χ2v) is 3.32. The molecule has 0 aliphatic carbocycles. The maximum atomic E-state index is 5.56. The van der Waals surface area contributed by atoms with Crippen LogP contribution in [0.2, 0.25) is 0 Å². The molecule has 0 amide bonds. The Morgan fingerprint density at radius 3 is 2.86 bits per heavy atom. The summed E-state index contributed by atoms with van der Waals surface area (Å²) >= 11 is 0. The smallest absolute Gasteiger partial charge is 0.123 e. The predicted octanol–water partition coefficient (Wildman–Crippen LogP) is 0.281. The van der Waals surface area contributed by atoms with E-state index >= 15 is 0 Å². The molecule has 1 heterocycles. The van der Waals surface area contributed by atoms with Gasteiger partial charge < -0.3 is 16.4 Å². The van der Waals surface area contributed by atoms with Crippen molar-refractivity contribution in [2.24, 2.45) is 0 Å². The van der Waals surface area contributed by atoms with Crippen molar-refractivity contribution in [3.63, 3.8) is 0 Å². The fourth-order valence-corrected chi connectivity index (χ4v) is 1.23. The molecule has 78 valence electrons. The number of nitrogens with zero attached hydrogens (tertiary/aromatic N) is 1. The van der Waals surface area contributed by atoms with E-state index in [9.17, 15) is 0 Å². The van der Waals surface area contributed by atoms with Crippen LogP contribution in [0.25, 0.3) is 0 Å². The minimum absolute atomic E-state index is 0.585. The summed E-state index contributed by atoms with van der Waals surface area (Å²) in [6.45, 7) is 4.83. The first-order chi connectivity index (χ1) is 6.74. The third-order valence-electron chi connectivity index (χ3n) is 2.11. The van der Waals surface area contributed by atoms with Gasteiger partial charge in [0.15, 0.2) is 0 Å². The predicted molar refractivity (Wildman–Crippen MR) is 59.0 cm³/mol. The molecular weight excluding hydrogens is 176 g/mol. The second kappa shape index (κ2) is 5.57. The third kappa shape index (κ3) is 3.32. The van der Waals surface area contributed by atoms with Crippen molar-refractivity contribution in [1.82, 2.24) is 15.6 Å². The van der Waals surface area contributed by atoms with Crippen LogP contribution in [0.3, 0.4) is 0 Å². The van der Waals surface area contributed by atoms with Crippen molar-refractivity contribution in [3.8, 4) is 0 Å². The van der Waals surface area contributed by atoms with Gasteiger partial charge in [-0.05, 0) is 31.2 Å². The Labute approximate surface area is 84.9 Å². The van der Waals surface area contributed by atoms with Crippen LogP contribution in [0.1, 0.15) is 11.1 Å². The van der Waals surface area contributed by atoms with E-state index in [-0.39, 0.29) is 0 Å². The van der Waals surface area contributed by atoms with Gasteiger partial charge in [0.1, 0.15) is 5.82 Å². The number of anilines is 1. The zero-order chi connectivity index (χ0) is 10.4. The van der Waals surface area contributed by atoms with Gasteiger partial charge in [0.05, 0.1) is 0 Å². The summed E-state index contributed by atoms with van der Waals surface area (Å²) in [4.78, 5) is 4.06. The van der Waals surface area contributed by atoms with E-state index in [1.54, 1.807) is 0 Å². The number of hydrogen-bond donors (Lipinski definition) is 3. The maximum Gasteiger partial charge on any atom is 0.123 e. The molecule has 0 spiro atoms. The lowest BCUT2D eigenvalue weighted by Gasteiger charge is -2.07. The Hall–Kier alpha value is -1.13. The number of likely N-dealkylation sites (N-methyl/N-ethyl adjacent to an activating group) is 1. The molecule has 0 aliphatic heterocycles. The number of pyridine rings is 1. The Balaban J connectivity index is 2.42. The first-order valence-electron chi connectivity index (χ1n) is 4.80. The monoisotopic (exact) mass is 194 g/mol. The van der Waals surface area contributed by atoms with Gasteiger partial charge in [-0.1, -0.05) is 0 Å². The van der Waals surface area contributed by atoms with Gasteiger partial charge in [-0.2, -0.15) is 0 Å². The molecule has 4 nitrogen and oxygen atoms in total. The molecule has 0 saturated carbocycles. The zero-order valence-electron chi connectivity index (χ0n) is 8.80. The van der Waals surface area contributed by atoms with E-state index in [1.165, 1.54) is 11.1 Å². The topological polar surface area (TPSA) is 63.0 Å². The Morgan fingerprint density at radius 1 is 1.43 bits per heavy atom. The molecule has 1 aromatic heterocycles. The summed E-state index contributed by atoms with van der Waals surface area (Å²) in [6.07, 6.45) is 1.83. The van der Waals surface area contributed by atoms with E-state index in [0.717, 1.165) is 19.6 Å². The number of aromatic nitrogens is 1. The van der Waals surface area contributed by atoms with E-state index in [0.29, 0.717) is 5.82 Å². The lowest BCUT2D eigenvalue weighted by molar-refractivity contribution is 0.648. The van der Waals surface area contributed by atoms with Gasteiger partial charge in [-0.15, -0.1) is 0 Å². The van der Waals surface area contributed by atoms with Crippen molar-refractivity contribution in [1.29, 1.82) is 0 Å². The third-order valence-corrected chi connectivity index (χ3v) is 2.11. The highest BCUT2D eigenvalue weighted by molar-refractivity contribution is 5.36. The lowest BCUT2D eigenvalue weighted by Crippen LogP contribution is -2.24. The van der Waals surface area contributed by atoms with Gasteiger partial charge in [0.25, 0.3) is 0 Å². The second-order valence-electron chi connectivity index (χ2n) is 3.32. The zero-order valence-corrected chi connectivity index (χ0v) is 8.80. The molecule has 0 unspecified atom stereocenters. The highest BCUT2D eigenvalue weighted by Gasteiger charge is 1.98. The first kappa shape index (κ1) is 10.9. The molecule has 0 aromatic carbocycles. The summed E-state index contributed by atoms with van der Waals surface area (Å²) in [5.41, 5.74) is 7.96. The Morgan fingerprint density at radius 2 is 2.21 bits per heavy atom. The number of aryl methyl sites for hydroxylation is 1. The summed E-state index contributed by atoms with van der Waals surface area (Å²) in [6, 6.07) is 1.90. The van der Waals surface area contributed by atoms with E-state index in [4.69, 9.17) is 5.73 Å². The number of nitrogen functional groups attached to an aromatic ring is 1. The van der Waals surface area contributed by atoms with Crippen LogP contribution in [-0.4, -0.2) is 25.1 Å². The van der Waals surface area contributed by atoms with E-state index < -0.39 is 0 Å². The van der Waals surface area contributed by atoms with Crippen LogP contribution in [0, 0.1) is 6.92 Å². The molecule has 0 fully saturated rings. The first-order valence-corrected chi connectivity index (χ1v) is 4.80. The standard InChI is InChI=1S/C10H18N4/c1-8-5-10(11)14-7-9(8)6-13-4-3-12-2/h5,7,12-13H,3-4,6H2,1-2H3,(H2,11,14). The molecule has 0 bridgehead atoms. The highest BCUT2D eigenvalue weighted by Crippen LogP contribution is 2.08. The minimum Gasteiger partial charge on any atom is -0.384 e. The molecule has 1 aromatic rings. The van der Waals surface area contributed by atoms with E-state index in [1.807, 2.05) is 26.2 Å². The minimum atomic E-state index is 0.585. The molecule has 0 radical (unpaired) electrons. The average molecular weight is 194 g/mol. The molecule has 0 atom stereocenters. The molecule has 4 heteroatoms. The summed E-state index contributed by atoms with van der Waals surface area (Å²) in [7, 11) is 1.94. The summed E-state index contributed by atoms with van der Waals surface area (Å²) in [5.74, 6) is 0.585. The van der Waals surface area contributed by atoms with E-state index in [2.05, 4.69) is 15.6 Å². The molecule has 1 rings (SSSR count). The SMILES string of the molecule is CNCCNCc1cnc(N)cc1C. The van der Waals surface area contributed by atoms with Crippen molar-refractivity contribution >= 4 is 5.82 Å². The highest BCUT2D eigenvalue weighted by atomic mass is 14.9. The van der Waals surface area contributed by atoms with Crippen molar-refractivity contribution < 1.29 is 0 Å². The molecule has 4 N–H and O–H groups in total. The molecule has 0 saturated heterocycles. The number of nitrogens with two attached hydrogens (primary N) is 1. The summed E-state index contributed by atoms with van der Waals surface area (Å²) in [5, 5.41) is 6.40. The van der Waals surface area contributed by atoms with Gasteiger partial charge in [0.2, 0.25) is 0 Å². The number of hydrogen-bond acceptors (Lipinski definition) is 4. The normalized spacial score (nSPS) is 10.4. The summed E-state index contributed by atoms with van der Waals surface area (Å²) < 4.78 is 0. The Kier molecular flexibility index (Phi) is 4.35. The van der Waals surface area contributed by atoms with Crippen LogP contribution in [0.5, 0.6) is 0 Å². The van der Waals surface area contributed by atoms with Crippen LogP contribution in [0.4, 0.5) is 5.82 Å². The fourth-order valence-electron chi connectivity index (χ4n) is 1.23. The van der Waals surface area contributed by atoms with Gasteiger partial charge in [0, 0.05) is 25.8 Å². The molecule has 0 aliphatic rings. The van der Waals surface area contributed by atoms with Gasteiger partial charge in [-0.25, -0.2) is 4.98 Å². The Bertz CT molecular complexity index is 285. The van der Waals surface area contributed by atoms with Crippen molar-refractivity contribution in [2.75, 3.05) is 25.9 Å². The van der Waals surface area contributed by atoms with Crippen molar-refractivity contribution in [2.45, 2.75) is 13.5 Å². The van der Waals surface area contributed by atoms with Gasteiger partial charge >= 0.3 is 0 Å². The van der Waals surface area contributed by atoms with Crippen LogP contribution in [0.15, 0.2) is 12.3 Å². The number of nitrogens with one attached hydrogen (secondary N) is 2. The van der Waals surface area contributed by atoms with Crippen LogP contribution in [-0.2, 0) is 6.54 Å². The van der Waals surface area contributed by atoms with Gasteiger partial charge in [-0.3, -0.25) is 0 Å². The quantitative estimate of drug-likeness (QED) is 0.589. The van der Waals surface area contributed by atoms with Crippen LogP contribution >= 0.6 is 0 Å². The molecule has 14 heavy (non-hydrogen) atoms. The average Bonchev–Trinajstić information content (AvgIpc) is 2.15. The molecular formula is C10H18N4. The maximum absolute atomic E-state index is 5.56. The van der Waals surface area contributed by atoms with Crippen LogP contribution < -0.4 is 16.4 Å². The lowest BCUT2D eigenvalue weighted by atomic mass is 10.1. The largest absolute Gasteiger partial charge is 0.384 e. The number of rotatable bonds is 5.